The molecular formula is C59H65O8S7+. The van der Waals surface area contributed by atoms with Crippen LogP contribution in [0.3, 0.4) is 0 Å². The Morgan fingerprint density at radius 2 is 0.932 bits per heavy atom. The molecule has 0 fully saturated rings. The van der Waals surface area contributed by atoms with Crippen LogP contribution in [0, 0.1) is 5.41 Å². The van der Waals surface area contributed by atoms with Gasteiger partial charge in [-0.3, -0.25) is 9.59 Å². The molecule has 0 bridgehead atoms. The minimum Gasteiger partial charge on any atom is -0.462 e. The van der Waals surface area contributed by atoms with Gasteiger partial charge in [-0.05, 0) is 89.3 Å². The highest BCUT2D eigenvalue weighted by molar-refractivity contribution is 8.05. The molecule has 9 rings (SSSR count). The molecule has 0 amide bonds. The third kappa shape index (κ3) is 15.3. The Labute approximate surface area is 464 Å². The fourth-order valence-corrected chi connectivity index (χ4v) is 14.8. The molecule has 1 aliphatic carbocycles. The molecule has 74 heavy (non-hydrogen) atoms. The minimum atomic E-state index is -0.232. The number of thiophene rings is 6. The molecule has 1 aromatic carbocycles. The smallest absolute Gasteiger partial charge is 0.348 e. The second-order valence-electron chi connectivity index (χ2n) is 18.0. The number of unbranched alkanes of at least 4 members (excludes halogenated alkanes) is 15. The summed E-state index contributed by atoms with van der Waals surface area (Å²) in [5, 5.41) is 13.1. The van der Waals surface area contributed by atoms with Crippen LogP contribution < -0.4 is 0 Å². The molecule has 2 aliphatic rings. The first-order chi connectivity index (χ1) is 36.2. The summed E-state index contributed by atoms with van der Waals surface area (Å²) in [4.78, 5) is 66.0. The maximum Gasteiger partial charge on any atom is 0.348 e. The van der Waals surface area contributed by atoms with E-state index in [0.717, 1.165) is 48.3 Å². The minimum absolute atomic E-state index is 0.0397. The fraction of sp³-hybridized carbons (Fsp3) is 0.407. The van der Waals surface area contributed by atoms with E-state index in [1.165, 1.54) is 165 Å². The summed E-state index contributed by atoms with van der Waals surface area (Å²) >= 11 is 10.4. The van der Waals surface area contributed by atoms with E-state index in [1.54, 1.807) is 46.3 Å². The largest absolute Gasteiger partial charge is 0.462 e. The Kier molecular flexibility index (Phi) is 23.4. The normalized spacial score (nSPS) is 12.5. The monoisotopic (exact) mass is 1130 g/mol. The van der Waals surface area contributed by atoms with Crippen LogP contribution in [0.2, 0.25) is 0 Å². The van der Waals surface area contributed by atoms with Gasteiger partial charge in [0.25, 0.3) is 5.78 Å². The SMILES string of the molecule is CCCCCCCCOC(=O)c1ccc(-c2c3ccsc3c(-c3ccc(C(=O)OCCCCCCCC)s3)c3ccsc23)s1.CCCCCCCCOC(=O)c1cccs1.O=C1C2=C(C=[C+]S2)C(=O)c2sccc21. The summed E-state index contributed by atoms with van der Waals surface area (Å²) in [7, 11) is 0. The summed E-state index contributed by atoms with van der Waals surface area (Å²) in [5.74, 6) is -0.720. The number of hydrogen-bond donors (Lipinski definition) is 0. The molecule has 7 heterocycles. The number of allylic oxidation sites excluding steroid dienone is 3. The molecular weight excluding hydrogens is 1060 g/mol. The van der Waals surface area contributed by atoms with Crippen molar-refractivity contribution in [3.05, 3.63) is 123 Å². The summed E-state index contributed by atoms with van der Waals surface area (Å²) < 4.78 is 18.8. The first kappa shape index (κ1) is 57.1. The maximum absolute atomic E-state index is 12.8. The van der Waals surface area contributed by atoms with Crippen molar-refractivity contribution in [2.45, 2.75) is 136 Å². The lowest BCUT2D eigenvalue weighted by molar-refractivity contribution is 0.0494. The van der Waals surface area contributed by atoms with E-state index < -0.39 is 0 Å². The average molecular weight is 1130 g/mol. The molecule has 0 saturated carbocycles. The van der Waals surface area contributed by atoms with Crippen LogP contribution in [0.15, 0.2) is 92.7 Å². The van der Waals surface area contributed by atoms with Crippen LogP contribution >= 0.6 is 79.8 Å². The summed E-state index contributed by atoms with van der Waals surface area (Å²) in [6, 6.07) is 17.6. The number of carbonyl (C=O) groups excluding carboxylic acids is 5. The van der Waals surface area contributed by atoms with Crippen molar-refractivity contribution >= 4 is 129 Å². The number of fused-ring (bicyclic) bond motifs is 3. The van der Waals surface area contributed by atoms with Gasteiger partial charge in [0.1, 0.15) is 36.7 Å². The van der Waals surface area contributed by atoms with Crippen molar-refractivity contribution in [2.75, 3.05) is 19.8 Å². The number of esters is 3. The Hall–Kier alpha value is -4.57. The van der Waals surface area contributed by atoms with Crippen LogP contribution in [0.5, 0.6) is 0 Å². The molecule has 0 atom stereocenters. The number of benzene rings is 1. The quantitative estimate of drug-likeness (QED) is 0.0226. The van der Waals surface area contributed by atoms with E-state index in [9.17, 15) is 24.0 Å². The third-order valence-electron chi connectivity index (χ3n) is 12.5. The van der Waals surface area contributed by atoms with E-state index >= 15 is 0 Å². The lowest BCUT2D eigenvalue weighted by atomic mass is 9.96. The van der Waals surface area contributed by atoms with Crippen molar-refractivity contribution in [3.63, 3.8) is 0 Å². The zero-order chi connectivity index (χ0) is 52.1. The van der Waals surface area contributed by atoms with Crippen LogP contribution in [0.25, 0.3) is 41.1 Å². The molecule has 0 unspecified atom stereocenters. The molecule has 1 aliphatic heterocycles. The first-order valence-corrected chi connectivity index (χ1v) is 32.0. The Morgan fingerprint density at radius 3 is 1.41 bits per heavy atom. The highest BCUT2D eigenvalue weighted by atomic mass is 32.2. The van der Waals surface area contributed by atoms with Gasteiger partial charge in [0.15, 0.2) is 16.6 Å². The van der Waals surface area contributed by atoms with Gasteiger partial charge in [-0.25, -0.2) is 14.4 Å². The van der Waals surface area contributed by atoms with Crippen molar-refractivity contribution < 1.29 is 38.2 Å². The Morgan fingerprint density at radius 1 is 0.473 bits per heavy atom. The van der Waals surface area contributed by atoms with Gasteiger partial charge < -0.3 is 14.2 Å². The van der Waals surface area contributed by atoms with Gasteiger partial charge >= 0.3 is 17.9 Å². The number of ether oxygens (including phenoxy) is 3. The van der Waals surface area contributed by atoms with Gasteiger partial charge in [-0.2, -0.15) is 0 Å². The highest BCUT2D eigenvalue weighted by Crippen LogP contribution is 2.50. The predicted octanol–water partition coefficient (Wildman–Crippen LogP) is 19.3. The molecule has 0 spiro atoms. The zero-order valence-electron chi connectivity index (χ0n) is 42.6. The van der Waals surface area contributed by atoms with Gasteiger partial charge in [-0.1, -0.05) is 123 Å². The third-order valence-corrected chi connectivity index (χ3v) is 19.2. The molecule has 0 N–H and O–H groups in total. The fourth-order valence-electron chi connectivity index (χ4n) is 8.56. The molecule has 15 heteroatoms. The number of ketones is 2. The van der Waals surface area contributed by atoms with Crippen LogP contribution in [-0.4, -0.2) is 49.3 Å². The first-order valence-electron chi connectivity index (χ1n) is 26.1. The van der Waals surface area contributed by atoms with Crippen molar-refractivity contribution in [1.82, 2.24) is 0 Å². The van der Waals surface area contributed by atoms with E-state index in [4.69, 9.17) is 14.2 Å². The second-order valence-corrected chi connectivity index (χ2v) is 24.7. The molecule has 0 saturated heterocycles. The number of thioether (sulfide) groups is 1. The lowest BCUT2D eigenvalue weighted by Crippen LogP contribution is -2.15. The van der Waals surface area contributed by atoms with Crippen LogP contribution in [0.4, 0.5) is 0 Å². The summed E-state index contributed by atoms with van der Waals surface area (Å²) in [6.07, 6.45) is 22.9. The van der Waals surface area contributed by atoms with Gasteiger partial charge in [0, 0.05) is 46.6 Å². The number of Topliss-reactive ketones (excluding diaryl/α,β-unsaturated/α-hetero) is 2. The van der Waals surface area contributed by atoms with Crippen molar-refractivity contribution in [3.8, 4) is 20.9 Å². The van der Waals surface area contributed by atoms with E-state index in [1.807, 2.05) is 23.6 Å². The summed E-state index contributed by atoms with van der Waals surface area (Å²) in [5.41, 5.74) is 3.40. The van der Waals surface area contributed by atoms with Gasteiger partial charge in [0.05, 0.1) is 19.8 Å². The lowest BCUT2D eigenvalue weighted by Gasteiger charge is -2.10. The topological polar surface area (TPSA) is 113 Å². The van der Waals surface area contributed by atoms with Crippen molar-refractivity contribution in [2.24, 2.45) is 0 Å². The van der Waals surface area contributed by atoms with Crippen LogP contribution in [-0.2, 0) is 14.2 Å². The standard InChI is InChI=1S/C36H42O4S4.C13H20O2S.C10H3O2S2/c1-3-5-7-9-11-13-21-39-35(37)29-17-15-27(43-29)31-25-19-23-42-34(25)32(26-20-24-41-33(26)31)28-16-18-30(44-28)36(38)40-22-14-12-10-8-6-4-2;1-2-3-4-5-6-7-10-15-13(14)12-9-8-11-16-12;11-7-5-1-3-13-9(5)8(12)6-2-4-14-10(6)7/h15-20,23-24H,3-14,21-22H2,1-2H3;8-9,11H,2-7,10H2,1H3;1-3H/q;;+1. The van der Waals surface area contributed by atoms with Gasteiger partial charge in [0.2, 0.25) is 5.78 Å². The Balaban J connectivity index is 0.000000214. The molecule has 390 valence electrons. The summed E-state index contributed by atoms with van der Waals surface area (Å²) in [6.45, 7) is 8.16. The van der Waals surface area contributed by atoms with Crippen LogP contribution in [0.1, 0.15) is 185 Å². The molecule has 6 aromatic heterocycles. The van der Waals surface area contributed by atoms with Crippen molar-refractivity contribution in [1.29, 1.82) is 0 Å². The zero-order valence-corrected chi connectivity index (χ0v) is 48.3. The molecule has 8 nitrogen and oxygen atoms in total. The maximum atomic E-state index is 12.8. The van der Waals surface area contributed by atoms with E-state index in [2.05, 4.69) is 61.2 Å². The molecule has 0 radical (unpaired) electrons. The number of carbonyl (C=O) groups is 5. The highest BCUT2D eigenvalue weighted by Gasteiger charge is 2.42. The molecule has 7 aromatic rings. The average Bonchev–Trinajstić information content (AvgIpc) is 4.28. The predicted molar refractivity (Wildman–Crippen MR) is 315 cm³/mol. The number of hydrogen-bond acceptors (Lipinski definition) is 15. The number of rotatable bonds is 26. The van der Waals surface area contributed by atoms with Gasteiger partial charge in [-0.15, -0.1) is 68.0 Å². The second kappa shape index (κ2) is 30.2. The van der Waals surface area contributed by atoms with E-state index in [-0.39, 0.29) is 29.5 Å². The Bertz CT molecular complexity index is 2820. The van der Waals surface area contributed by atoms with E-state index in [0.29, 0.717) is 55.4 Å².